The molecule has 1 aromatic carbocycles. The third-order valence-corrected chi connectivity index (χ3v) is 5.92. The zero-order chi connectivity index (χ0) is 17.4. The molecule has 1 amide bonds. The summed E-state index contributed by atoms with van der Waals surface area (Å²) in [5.41, 5.74) is 4.58. The maximum absolute atomic E-state index is 12.9. The lowest BCUT2D eigenvalue weighted by Gasteiger charge is -2.34. The lowest BCUT2D eigenvalue weighted by atomic mass is 10.1. The number of rotatable bonds is 3. The van der Waals surface area contributed by atoms with Gasteiger partial charge in [-0.3, -0.25) is 9.69 Å². The van der Waals surface area contributed by atoms with Crippen molar-refractivity contribution < 1.29 is 4.79 Å². The molecule has 1 aliphatic heterocycles. The predicted molar refractivity (Wildman–Crippen MR) is 103 cm³/mol. The Labute approximate surface area is 152 Å². The van der Waals surface area contributed by atoms with E-state index in [1.54, 1.807) is 11.3 Å². The molecule has 130 valence electrons. The van der Waals surface area contributed by atoms with Crippen molar-refractivity contribution >= 4 is 27.5 Å². The fraction of sp³-hybridized carbons (Fsp3) is 0.350. The summed E-state index contributed by atoms with van der Waals surface area (Å²) in [5, 5.41) is 2.07. The third kappa shape index (κ3) is 3.22. The summed E-state index contributed by atoms with van der Waals surface area (Å²) >= 11 is 1.69. The smallest absolute Gasteiger partial charge is 0.270 e. The van der Waals surface area contributed by atoms with Crippen LogP contribution in [0.3, 0.4) is 0 Å². The van der Waals surface area contributed by atoms with Gasteiger partial charge in [0.2, 0.25) is 0 Å². The zero-order valence-corrected chi connectivity index (χ0v) is 15.6. The van der Waals surface area contributed by atoms with Crippen molar-refractivity contribution in [1.29, 1.82) is 0 Å². The van der Waals surface area contributed by atoms with Gasteiger partial charge in [0.25, 0.3) is 5.91 Å². The average Bonchev–Trinajstić information content (AvgIpc) is 3.20. The van der Waals surface area contributed by atoms with E-state index in [2.05, 4.69) is 47.5 Å². The quantitative estimate of drug-likeness (QED) is 0.721. The molecule has 5 heteroatoms. The summed E-state index contributed by atoms with van der Waals surface area (Å²) in [6.07, 6.45) is 0. The SMILES string of the molecule is Cc1ccc(CN2CCN(C(=O)c3cc4sccc4n3C)CC2)cc1. The molecule has 0 atom stereocenters. The van der Waals surface area contributed by atoms with E-state index in [4.69, 9.17) is 0 Å². The second-order valence-corrected chi connectivity index (χ2v) is 7.76. The second kappa shape index (κ2) is 6.65. The Balaban J connectivity index is 1.39. The van der Waals surface area contributed by atoms with E-state index >= 15 is 0 Å². The molecule has 0 radical (unpaired) electrons. The van der Waals surface area contributed by atoms with Crippen LogP contribution in [0.1, 0.15) is 21.6 Å². The van der Waals surface area contributed by atoms with Gasteiger partial charge in [-0.05, 0) is 30.0 Å². The third-order valence-electron chi connectivity index (χ3n) is 5.07. The van der Waals surface area contributed by atoms with E-state index in [-0.39, 0.29) is 5.91 Å². The van der Waals surface area contributed by atoms with Crippen molar-refractivity contribution in [2.24, 2.45) is 7.05 Å². The number of piperazine rings is 1. The first-order chi connectivity index (χ1) is 12.1. The van der Waals surface area contributed by atoms with Crippen molar-refractivity contribution in [3.63, 3.8) is 0 Å². The van der Waals surface area contributed by atoms with Crippen LogP contribution in [-0.4, -0.2) is 46.5 Å². The minimum absolute atomic E-state index is 0.154. The van der Waals surface area contributed by atoms with E-state index in [9.17, 15) is 4.79 Å². The number of hydrogen-bond acceptors (Lipinski definition) is 3. The molecule has 4 nitrogen and oxygen atoms in total. The van der Waals surface area contributed by atoms with Gasteiger partial charge >= 0.3 is 0 Å². The maximum atomic E-state index is 12.9. The Morgan fingerprint density at radius 3 is 2.48 bits per heavy atom. The zero-order valence-electron chi connectivity index (χ0n) is 14.7. The van der Waals surface area contributed by atoms with E-state index in [1.807, 2.05) is 22.6 Å². The van der Waals surface area contributed by atoms with Gasteiger partial charge < -0.3 is 9.47 Å². The van der Waals surface area contributed by atoms with Crippen LogP contribution in [0.5, 0.6) is 0 Å². The van der Waals surface area contributed by atoms with Crippen molar-refractivity contribution in [3.8, 4) is 0 Å². The van der Waals surface area contributed by atoms with Crippen molar-refractivity contribution in [2.45, 2.75) is 13.5 Å². The number of hydrogen-bond donors (Lipinski definition) is 0. The van der Waals surface area contributed by atoms with Crippen LogP contribution in [0.2, 0.25) is 0 Å². The molecule has 0 saturated carbocycles. The second-order valence-electron chi connectivity index (χ2n) is 6.81. The summed E-state index contributed by atoms with van der Waals surface area (Å²) in [7, 11) is 1.98. The van der Waals surface area contributed by atoms with Crippen molar-refractivity contribution in [1.82, 2.24) is 14.4 Å². The van der Waals surface area contributed by atoms with Gasteiger partial charge in [-0.15, -0.1) is 11.3 Å². The molecule has 25 heavy (non-hydrogen) atoms. The molecular formula is C20H23N3OS. The molecule has 4 rings (SSSR count). The number of aryl methyl sites for hydroxylation is 2. The Morgan fingerprint density at radius 2 is 1.80 bits per heavy atom. The topological polar surface area (TPSA) is 28.5 Å². The normalized spacial score (nSPS) is 15.8. The van der Waals surface area contributed by atoms with Crippen LogP contribution in [0.15, 0.2) is 41.8 Å². The number of aromatic nitrogens is 1. The van der Waals surface area contributed by atoms with E-state index in [0.29, 0.717) is 0 Å². The highest BCUT2D eigenvalue weighted by molar-refractivity contribution is 7.17. The van der Waals surface area contributed by atoms with Gasteiger partial charge in [0.15, 0.2) is 0 Å². The highest BCUT2D eigenvalue weighted by atomic mass is 32.1. The largest absolute Gasteiger partial charge is 0.339 e. The highest BCUT2D eigenvalue weighted by Gasteiger charge is 2.24. The molecule has 1 aliphatic rings. The standard InChI is InChI=1S/C20H23N3OS/c1-15-3-5-16(6-4-15)14-22-8-10-23(11-9-22)20(24)18-13-19-17(21(18)2)7-12-25-19/h3-7,12-13H,8-11,14H2,1-2H3. The van der Waals surface area contributed by atoms with E-state index < -0.39 is 0 Å². The molecule has 1 saturated heterocycles. The lowest BCUT2D eigenvalue weighted by Crippen LogP contribution is -2.48. The number of nitrogens with zero attached hydrogens (tertiary/aromatic N) is 3. The van der Waals surface area contributed by atoms with Crippen LogP contribution >= 0.6 is 11.3 Å². The monoisotopic (exact) mass is 353 g/mol. The van der Waals surface area contributed by atoms with Crippen LogP contribution in [0.4, 0.5) is 0 Å². The molecule has 2 aromatic heterocycles. The maximum Gasteiger partial charge on any atom is 0.270 e. The van der Waals surface area contributed by atoms with Gasteiger partial charge in [0.05, 0.1) is 10.2 Å². The Kier molecular flexibility index (Phi) is 4.36. The molecule has 0 N–H and O–H groups in total. The molecule has 0 bridgehead atoms. The first-order valence-corrected chi connectivity index (χ1v) is 9.60. The molecule has 0 spiro atoms. The molecule has 0 aliphatic carbocycles. The van der Waals surface area contributed by atoms with Crippen LogP contribution in [0.25, 0.3) is 10.2 Å². The molecule has 1 fully saturated rings. The van der Waals surface area contributed by atoms with Crippen LogP contribution in [0, 0.1) is 6.92 Å². The summed E-state index contributed by atoms with van der Waals surface area (Å²) in [6.45, 7) is 6.52. The minimum Gasteiger partial charge on any atom is -0.339 e. The molecular weight excluding hydrogens is 330 g/mol. The Bertz CT molecular complexity index is 885. The summed E-state index contributed by atoms with van der Waals surface area (Å²) in [6, 6.07) is 12.8. The van der Waals surface area contributed by atoms with E-state index in [0.717, 1.165) is 43.9 Å². The van der Waals surface area contributed by atoms with Gasteiger partial charge in [0.1, 0.15) is 5.69 Å². The Hall–Kier alpha value is -2.11. The van der Waals surface area contributed by atoms with Gasteiger partial charge in [-0.2, -0.15) is 0 Å². The highest BCUT2D eigenvalue weighted by Crippen LogP contribution is 2.25. The fourth-order valence-electron chi connectivity index (χ4n) is 3.48. The van der Waals surface area contributed by atoms with Crippen LogP contribution in [-0.2, 0) is 13.6 Å². The molecule has 3 heterocycles. The summed E-state index contributed by atoms with van der Waals surface area (Å²) < 4.78 is 3.20. The van der Waals surface area contributed by atoms with Gasteiger partial charge in [-0.25, -0.2) is 0 Å². The number of benzene rings is 1. The first-order valence-electron chi connectivity index (χ1n) is 8.72. The van der Waals surface area contributed by atoms with Crippen molar-refractivity contribution in [3.05, 3.63) is 58.6 Å². The number of amides is 1. The van der Waals surface area contributed by atoms with Crippen LogP contribution < -0.4 is 0 Å². The number of fused-ring (bicyclic) bond motifs is 1. The van der Waals surface area contributed by atoms with Crippen molar-refractivity contribution in [2.75, 3.05) is 26.2 Å². The number of carbonyl (C=O) groups excluding carboxylic acids is 1. The molecule has 3 aromatic rings. The minimum atomic E-state index is 0.154. The first kappa shape index (κ1) is 16.4. The van der Waals surface area contributed by atoms with Gasteiger partial charge in [-0.1, -0.05) is 29.8 Å². The average molecular weight is 353 g/mol. The number of carbonyl (C=O) groups is 1. The summed E-state index contributed by atoms with van der Waals surface area (Å²) in [4.78, 5) is 17.3. The summed E-state index contributed by atoms with van der Waals surface area (Å²) in [5.74, 6) is 0.154. The predicted octanol–water partition coefficient (Wildman–Crippen LogP) is 3.51. The van der Waals surface area contributed by atoms with E-state index in [1.165, 1.54) is 15.8 Å². The number of thiophene rings is 1. The fourth-order valence-corrected chi connectivity index (χ4v) is 4.33. The Morgan fingerprint density at radius 1 is 1.08 bits per heavy atom. The lowest BCUT2D eigenvalue weighted by molar-refractivity contribution is 0.0619. The van der Waals surface area contributed by atoms with Gasteiger partial charge in [0, 0.05) is 39.8 Å². The molecule has 0 unspecified atom stereocenters.